The number of allylic oxidation sites excluding steroid dienone is 1. The quantitative estimate of drug-likeness (QED) is 0.474. The Bertz CT molecular complexity index is 1180. The minimum atomic E-state index is -3.96. The van der Waals surface area contributed by atoms with E-state index in [0.29, 0.717) is 11.1 Å². The first-order valence-corrected chi connectivity index (χ1v) is 11.0. The zero-order valence-corrected chi connectivity index (χ0v) is 16.9. The summed E-state index contributed by atoms with van der Waals surface area (Å²) in [6.07, 6.45) is 5.88. The van der Waals surface area contributed by atoms with E-state index in [1.807, 2.05) is 36.5 Å². The van der Waals surface area contributed by atoms with Crippen molar-refractivity contribution in [1.29, 1.82) is 0 Å². The maximum absolute atomic E-state index is 12.1. The number of primary sulfonamides is 1. The molecule has 2 heterocycles. The van der Waals surface area contributed by atoms with Crippen molar-refractivity contribution < 1.29 is 8.42 Å². The molecule has 0 fully saturated rings. The van der Waals surface area contributed by atoms with Gasteiger partial charge in [0.2, 0.25) is 10.0 Å². The van der Waals surface area contributed by atoms with E-state index in [0.717, 1.165) is 42.8 Å². The van der Waals surface area contributed by atoms with Crippen LogP contribution in [0.3, 0.4) is 0 Å². The van der Waals surface area contributed by atoms with E-state index in [2.05, 4.69) is 37.0 Å². The standard InChI is InChI=1S/C20H21N7O2S/c21-30(28,29)18-5-1-4-17(19(18)20-24-26-27-25-20)15-8-6-14(7-9-15)13-22-12-10-16-3-2-11-23-16/h1,3-9,11,22H,2,10,12-13H2,(H2,21,28,29)(H,24,25,26,27). The lowest BCUT2D eigenvalue weighted by Crippen LogP contribution is -2.15. The lowest BCUT2D eigenvalue weighted by Gasteiger charge is -2.12. The van der Waals surface area contributed by atoms with Crippen LogP contribution in [0.5, 0.6) is 0 Å². The molecular weight excluding hydrogens is 402 g/mol. The molecule has 1 aliphatic rings. The SMILES string of the molecule is NS(=O)(=O)c1cccc(-c2ccc(CNCCC3=CCC=N3)cc2)c1-c1nnn[nH]1. The van der Waals surface area contributed by atoms with Gasteiger partial charge in [-0.15, -0.1) is 5.10 Å². The molecular formula is C20H21N7O2S. The molecule has 4 rings (SSSR count). The van der Waals surface area contributed by atoms with Crippen molar-refractivity contribution >= 4 is 16.2 Å². The van der Waals surface area contributed by atoms with Crippen LogP contribution in [0.4, 0.5) is 0 Å². The highest BCUT2D eigenvalue weighted by molar-refractivity contribution is 7.89. The lowest BCUT2D eigenvalue weighted by molar-refractivity contribution is 0.598. The molecule has 0 radical (unpaired) electrons. The molecule has 0 aliphatic carbocycles. The predicted molar refractivity (Wildman–Crippen MR) is 114 cm³/mol. The fourth-order valence-electron chi connectivity index (χ4n) is 3.35. The van der Waals surface area contributed by atoms with Gasteiger partial charge in [0.05, 0.1) is 4.90 Å². The van der Waals surface area contributed by atoms with Crippen LogP contribution in [-0.2, 0) is 16.6 Å². The first-order valence-electron chi connectivity index (χ1n) is 9.44. The number of aliphatic imine (C=N–C) groups is 1. The van der Waals surface area contributed by atoms with Gasteiger partial charge in [0, 0.05) is 43.4 Å². The second kappa shape index (κ2) is 8.66. The molecule has 4 N–H and O–H groups in total. The number of nitrogens with one attached hydrogen (secondary N) is 2. The highest BCUT2D eigenvalue weighted by Crippen LogP contribution is 2.34. The average molecular weight is 424 g/mol. The smallest absolute Gasteiger partial charge is 0.238 e. The maximum Gasteiger partial charge on any atom is 0.238 e. The number of hydrogen-bond acceptors (Lipinski definition) is 7. The van der Waals surface area contributed by atoms with Crippen LogP contribution in [0, 0.1) is 0 Å². The molecule has 10 heteroatoms. The Hall–Kier alpha value is -3.21. The van der Waals surface area contributed by atoms with Gasteiger partial charge in [-0.3, -0.25) is 4.99 Å². The summed E-state index contributed by atoms with van der Waals surface area (Å²) in [7, 11) is -3.96. The molecule has 0 amide bonds. The second-order valence-corrected chi connectivity index (χ2v) is 8.37. The van der Waals surface area contributed by atoms with Crippen molar-refractivity contribution in [2.24, 2.45) is 10.1 Å². The maximum atomic E-state index is 12.1. The van der Waals surface area contributed by atoms with E-state index in [9.17, 15) is 8.42 Å². The number of tetrazole rings is 1. The number of H-pyrrole nitrogens is 1. The summed E-state index contributed by atoms with van der Waals surface area (Å²) in [5.41, 5.74) is 4.10. The molecule has 0 saturated heterocycles. The van der Waals surface area contributed by atoms with Crippen LogP contribution >= 0.6 is 0 Å². The summed E-state index contributed by atoms with van der Waals surface area (Å²) < 4.78 is 24.2. The van der Waals surface area contributed by atoms with Crippen LogP contribution in [-0.4, -0.2) is 41.8 Å². The minimum Gasteiger partial charge on any atom is -0.312 e. The first-order chi connectivity index (χ1) is 14.5. The largest absolute Gasteiger partial charge is 0.312 e. The average Bonchev–Trinajstić information content (AvgIpc) is 3.45. The summed E-state index contributed by atoms with van der Waals surface area (Å²) in [4.78, 5) is 4.27. The van der Waals surface area contributed by atoms with Crippen molar-refractivity contribution in [3.8, 4) is 22.5 Å². The van der Waals surface area contributed by atoms with Crippen molar-refractivity contribution in [1.82, 2.24) is 25.9 Å². The van der Waals surface area contributed by atoms with E-state index in [-0.39, 0.29) is 10.7 Å². The van der Waals surface area contributed by atoms with Gasteiger partial charge in [0.25, 0.3) is 0 Å². The minimum absolute atomic E-state index is 0.0341. The van der Waals surface area contributed by atoms with Crippen LogP contribution in [0.1, 0.15) is 18.4 Å². The molecule has 0 saturated carbocycles. The van der Waals surface area contributed by atoms with E-state index in [1.54, 1.807) is 6.07 Å². The Morgan fingerprint density at radius 1 is 1.13 bits per heavy atom. The number of aromatic amines is 1. The first kappa shape index (κ1) is 20.1. The van der Waals surface area contributed by atoms with Crippen LogP contribution in [0.15, 0.2) is 64.1 Å². The Morgan fingerprint density at radius 3 is 2.63 bits per heavy atom. The summed E-state index contributed by atoms with van der Waals surface area (Å²) in [6.45, 7) is 1.58. The van der Waals surface area contributed by atoms with Crippen molar-refractivity contribution in [3.63, 3.8) is 0 Å². The van der Waals surface area contributed by atoms with Crippen LogP contribution < -0.4 is 10.5 Å². The third-order valence-corrected chi connectivity index (χ3v) is 5.74. The number of sulfonamides is 1. The van der Waals surface area contributed by atoms with Gasteiger partial charge in [-0.2, -0.15) is 0 Å². The van der Waals surface area contributed by atoms with Crippen molar-refractivity contribution in [2.75, 3.05) is 6.54 Å². The summed E-state index contributed by atoms with van der Waals surface area (Å²) in [5.74, 6) is 0.240. The van der Waals surface area contributed by atoms with Crippen molar-refractivity contribution in [3.05, 3.63) is 59.8 Å². The summed E-state index contributed by atoms with van der Waals surface area (Å²) in [6, 6.07) is 12.8. The molecule has 3 aromatic rings. The fraction of sp³-hybridized carbons (Fsp3) is 0.200. The number of benzene rings is 2. The Kier molecular flexibility index (Phi) is 5.79. The van der Waals surface area contributed by atoms with Crippen LogP contribution in [0.25, 0.3) is 22.5 Å². The Balaban J connectivity index is 1.55. The Morgan fingerprint density at radius 2 is 1.97 bits per heavy atom. The van der Waals surface area contributed by atoms with E-state index >= 15 is 0 Å². The normalized spacial score (nSPS) is 13.6. The zero-order valence-electron chi connectivity index (χ0n) is 16.1. The highest BCUT2D eigenvalue weighted by Gasteiger charge is 2.21. The van der Waals surface area contributed by atoms with Gasteiger partial charge in [-0.25, -0.2) is 18.7 Å². The molecule has 9 nitrogen and oxygen atoms in total. The topological polar surface area (TPSA) is 139 Å². The van der Waals surface area contributed by atoms with E-state index in [4.69, 9.17) is 5.14 Å². The summed E-state index contributed by atoms with van der Waals surface area (Å²) in [5, 5.41) is 22.5. The second-order valence-electron chi connectivity index (χ2n) is 6.84. The number of nitrogens with two attached hydrogens (primary N) is 1. The molecule has 0 bridgehead atoms. The third kappa shape index (κ3) is 4.51. The third-order valence-electron chi connectivity index (χ3n) is 4.78. The van der Waals surface area contributed by atoms with Gasteiger partial charge in [0.15, 0.2) is 5.82 Å². The highest BCUT2D eigenvalue weighted by atomic mass is 32.2. The van der Waals surface area contributed by atoms with E-state index in [1.165, 1.54) is 6.07 Å². The molecule has 0 spiro atoms. The molecule has 30 heavy (non-hydrogen) atoms. The van der Waals surface area contributed by atoms with Gasteiger partial charge in [-0.05, 0) is 33.2 Å². The number of rotatable bonds is 8. The molecule has 0 unspecified atom stereocenters. The van der Waals surface area contributed by atoms with Gasteiger partial charge < -0.3 is 5.32 Å². The summed E-state index contributed by atoms with van der Waals surface area (Å²) >= 11 is 0. The Labute approximate surface area is 174 Å². The fourth-order valence-corrected chi connectivity index (χ4v) is 4.11. The molecule has 1 aromatic heterocycles. The molecule has 1 aliphatic heterocycles. The van der Waals surface area contributed by atoms with Gasteiger partial charge >= 0.3 is 0 Å². The lowest BCUT2D eigenvalue weighted by atomic mass is 9.98. The van der Waals surface area contributed by atoms with Gasteiger partial charge in [-0.1, -0.05) is 42.5 Å². The molecule has 154 valence electrons. The number of nitrogens with zero attached hydrogens (tertiary/aromatic N) is 4. The molecule has 0 atom stereocenters. The van der Waals surface area contributed by atoms with Crippen molar-refractivity contribution in [2.45, 2.75) is 24.3 Å². The monoisotopic (exact) mass is 423 g/mol. The van der Waals surface area contributed by atoms with E-state index < -0.39 is 10.0 Å². The van der Waals surface area contributed by atoms with Gasteiger partial charge in [0.1, 0.15) is 0 Å². The predicted octanol–water partition coefficient (Wildman–Crippen LogP) is 2.02. The molecule has 2 aromatic carbocycles. The van der Waals surface area contributed by atoms with Crippen LogP contribution in [0.2, 0.25) is 0 Å². The number of hydrogen-bond donors (Lipinski definition) is 3. The number of aromatic nitrogens is 4. The zero-order chi connectivity index (χ0) is 21.0.